The molecule has 0 bridgehead atoms. The Hall–Kier alpha value is -0.740. The molecule has 0 aromatic rings. The largest absolute Gasteiger partial charge is 0.368 e. The normalized spacial score (nSPS) is 49.5. The van der Waals surface area contributed by atoms with Crippen molar-refractivity contribution in [3.05, 3.63) is 0 Å². The van der Waals surface area contributed by atoms with Gasteiger partial charge < -0.3 is 10.2 Å². The minimum absolute atomic E-state index is 0.122. The number of Topliss-reactive ketones (excluding diaryl/α,β-unsaturated/α-hetero) is 2. The van der Waals surface area contributed by atoms with Crippen LogP contribution in [0.5, 0.6) is 0 Å². The molecule has 140 valence electrons. The molecule has 7 unspecified atom stereocenters. The first kappa shape index (κ1) is 17.7. The van der Waals surface area contributed by atoms with E-state index in [1.165, 1.54) is 0 Å². The lowest BCUT2D eigenvalue weighted by Gasteiger charge is -2.60. The number of ketones is 2. The Bertz CT molecular complexity index is 584. The summed E-state index contributed by atoms with van der Waals surface area (Å²) in [6.45, 7) is 4.01. The van der Waals surface area contributed by atoms with Crippen molar-refractivity contribution in [3.63, 3.8) is 0 Å². The maximum Gasteiger partial charge on any atom is 0.158 e. The molecule has 0 heterocycles. The number of hydrogen-bond acceptors (Lipinski definition) is 4. The highest BCUT2D eigenvalue weighted by molar-refractivity contribution is 5.80. The highest BCUT2D eigenvalue weighted by Crippen LogP contribution is 2.68. The molecule has 0 aromatic carbocycles. The van der Waals surface area contributed by atoms with Crippen molar-refractivity contribution in [2.24, 2.45) is 40.4 Å². The number of fused-ring (bicyclic) bond motifs is 5. The highest BCUT2D eigenvalue weighted by Gasteiger charge is 2.64. The summed E-state index contributed by atoms with van der Waals surface area (Å²) in [5.74, 6) is 2.15. The van der Waals surface area contributed by atoms with Crippen LogP contribution in [0.3, 0.4) is 0 Å². The first-order chi connectivity index (χ1) is 11.8. The molecule has 0 aromatic heterocycles. The summed E-state index contributed by atoms with van der Waals surface area (Å²) in [6, 6.07) is 0. The zero-order chi connectivity index (χ0) is 18.0. The molecule has 0 aliphatic heterocycles. The van der Waals surface area contributed by atoms with E-state index in [1.54, 1.807) is 6.92 Å². The molecule has 2 N–H and O–H groups in total. The van der Waals surface area contributed by atoms with E-state index in [0.29, 0.717) is 30.0 Å². The molecular formula is C21H32O4. The highest BCUT2D eigenvalue weighted by atomic mass is 16.5. The molecule has 4 saturated carbocycles. The molecule has 25 heavy (non-hydrogen) atoms. The summed E-state index contributed by atoms with van der Waals surface area (Å²) >= 11 is 0. The molecule has 4 fully saturated rings. The fourth-order valence-electron chi connectivity index (χ4n) is 7.85. The van der Waals surface area contributed by atoms with Gasteiger partial charge in [-0.2, -0.15) is 0 Å². The summed E-state index contributed by atoms with van der Waals surface area (Å²) < 4.78 is 0. The van der Waals surface area contributed by atoms with E-state index in [-0.39, 0.29) is 23.0 Å². The fraction of sp³-hybridized carbons (Fsp3) is 0.905. The summed E-state index contributed by atoms with van der Waals surface area (Å²) in [5, 5.41) is 20.7. The van der Waals surface area contributed by atoms with Gasteiger partial charge in [-0.05, 0) is 81.0 Å². The van der Waals surface area contributed by atoms with Gasteiger partial charge in [-0.25, -0.2) is 0 Å². The zero-order valence-corrected chi connectivity index (χ0v) is 15.5. The number of aliphatic hydroxyl groups excluding tert-OH is 1. The molecule has 4 nitrogen and oxygen atoms in total. The summed E-state index contributed by atoms with van der Waals surface area (Å²) in [6.07, 6.45) is 6.70. The van der Waals surface area contributed by atoms with Crippen LogP contribution in [0.15, 0.2) is 0 Å². The van der Waals surface area contributed by atoms with Gasteiger partial charge in [-0.3, -0.25) is 9.59 Å². The Morgan fingerprint density at radius 2 is 1.84 bits per heavy atom. The third kappa shape index (κ3) is 2.32. The predicted molar refractivity (Wildman–Crippen MR) is 93.5 cm³/mol. The topological polar surface area (TPSA) is 74.6 Å². The van der Waals surface area contributed by atoms with Crippen LogP contribution in [0.4, 0.5) is 0 Å². The van der Waals surface area contributed by atoms with Gasteiger partial charge in [0.15, 0.2) is 6.29 Å². The second-order valence-electron chi connectivity index (χ2n) is 9.67. The maximum atomic E-state index is 12.2. The lowest BCUT2D eigenvalue weighted by molar-refractivity contribution is -0.214. The van der Waals surface area contributed by atoms with E-state index in [4.69, 9.17) is 0 Å². The average Bonchev–Trinajstić information content (AvgIpc) is 2.96. The van der Waals surface area contributed by atoms with Crippen LogP contribution in [0.25, 0.3) is 0 Å². The second kappa shape index (κ2) is 5.88. The summed E-state index contributed by atoms with van der Waals surface area (Å²) in [4.78, 5) is 24.2. The Balaban J connectivity index is 1.67. The van der Waals surface area contributed by atoms with Crippen molar-refractivity contribution in [1.82, 2.24) is 0 Å². The average molecular weight is 348 g/mol. The van der Waals surface area contributed by atoms with Crippen LogP contribution in [-0.4, -0.2) is 28.1 Å². The van der Waals surface area contributed by atoms with Crippen molar-refractivity contribution in [2.45, 2.75) is 77.9 Å². The number of rotatable bonds is 2. The Morgan fingerprint density at radius 1 is 1.08 bits per heavy atom. The van der Waals surface area contributed by atoms with Crippen molar-refractivity contribution < 1.29 is 19.8 Å². The van der Waals surface area contributed by atoms with Gasteiger partial charge in [-0.15, -0.1) is 0 Å². The lowest BCUT2D eigenvalue weighted by Crippen LogP contribution is -2.57. The van der Waals surface area contributed by atoms with Crippen LogP contribution < -0.4 is 0 Å². The number of aliphatic hydroxyl groups is 2. The van der Waals surface area contributed by atoms with Gasteiger partial charge in [0.2, 0.25) is 0 Å². The second-order valence-corrected chi connectivity index (χ2v) is 9.67. The van der Waals surface area contributed by atoms with Crippen LogP contribution in [0.2, 0.25) is 0 Å². The standard InChI is InChI=1S/C21H32O4/c1-12(22)16-5-6-18-15-4-3-13-11-14(23)7-9-20(13,2)17(15)8-10-21(16,18)19(24)25/h13,15-19,24-25H,3-11H2,1-2H3. The van der Waals surface area contributed by atoms with E-state index < -0.39 is 11.7 Å². The van der Waals surface area contributed by atoms with Crippen molar-refractivity contribution in [1.29, 1.82) is 0 Å². The van der Waals surface area contributed by atoms with Gasteiger partial charge in [0.1, 0.15) is 11.6 Å². The lowest BCUT2D eigenvalue weighted by atomic mass is 9.44. The summed E-state index contributed by atoms with van der Waals surface area (Å²) in [5.41, 5.74) is -0.404. The first-order valence-electron chi connectivity index (χ1n) is 10.2. The van der Waals surface area contributed by atoms with Gasteiger partial charge in [0.25, 0.3) is 0 Å². The van der Waals surface area contributed by atoms with Crippen molar-refractivity contribution >= 4 is 11.6 Å². The Kier molecular flexibility index (Phi) is 4.16. The number of carbonyl (C=O) groups is 2. The molecular weight excluding hydrogens is 316 g/mol. The third-order valence-corrected chi connectivity index (χ3v) is 9.04. The van der Waals surface area contributed by atoms with Crippen molar-refractivity contribution in [2.75, 3.05) is 0 Å². The van der Waals surface area contributed by atoms with E-state index in [9.17, 15) is 19.8 Å². The fourth-order valence-corrected chi connectivity index (χ4v) is 7.85. The van der Waals surface area contributed by atoms with E-state index in [1.807, 2.05) is 0 Å². The minimum Gasteiger partial charge on any atom is -0.368 e. The quantitative estimate of drug-likeness (QED) is 0.752. The van der Waals surface area contributed by atoms with Gasteiger partial charge >= 0.3 is 0 Å². The SMILES string of the molecule is CC(=O)C1CCC2C3CCC4CC(=O)CCC4(C)C3CCC12C(O)O. The molecule has 0 spiro atoms. The molecule has 7 atom stereocenters. The van der Waals surface area contributed by atoms with Crippen LogP contribution in [0, 0.1) is 40.4 Å². The molecule has 0 amide bonds. The molecule has 4 rings (SSSR count). The minimum atomic E-state index is -1.40. The Morgan fingerprint density at radius 3 is 2.52 bits per heavy atom. The van der Waals surface area contributed by atoms with Gasteiger partial charge in [-0.1, -0.05) is 6.92 Å². The maximum absolute atomic E-state index is 12.2. The predicted octanol–water partition coefficient (Wildman–Crippen LogP) is 3.09. The monoisotopic (exact) mass is 348 g/mol. The van der Waals surface area contributed by atoms with Crippen LogP contribution in [-0.2, 0) is 9.59 Å². The summed E-state index contributed by atoms with van der Waals surface area (Å²) in [7, 11) is 0. The van der Waals surface area contributed by atoms with Gasteiger partial charge in [0.05, 0.1) is 0 Å². The van der Waals surface area contributed by atoms with Crippen LogP contribution >= 0.6 is 0 Å². The van der Waals surface area contributed by atoms with E-state index in [2.05, 4.69) is 6.92 Å². The van der Waals surface area contributed by atoms with E-state index >= 15 is 0 Å². The molecule has 4 heteroatoms. The zero-order valence-electron chi connectivity index (χ0n) is 15.5. The molecule has 4 aliphatic carbocycles. The van der Waals surface area contributed by atoms with Gasteiger partial charge in [0, 0.05) is 24.2 Å². The first-order valence-corrected chi connectivity index (χ1v) is 10.2. The van der Waals surface area contributed by atoms with Crippen molar-refractivity contribution in [3.8, 4) is 0 Å². The molecule has 4 aliphatic rings. The molecule has 0 saturated heterocycles. The number of carbonyl (C=O) groups excluding carboxylic acids is 2. The van der Waals surface area contributed by atoms with Crippen LogP contribution in [0.1, 0.15) is 71.6 Å². The Labute approximate surface area is 150 Å². The third-order valence-electron chi connectivity index (χ3n) is 9.04. The van der Waals surface area contributed by atoms with E-state index in [0.717, 1.165) is 51.4 Å². The molecule has 0 radical (unpaired) electrons. The number of hydrogen-bond donors (Lipinski definition) is 2. The smallest absolute Gasteiger partial charge is 0.158 e.